The predicted octanol–water partition coefficient (Wildman–Crippen LogP) is 1.40. The summed E-state index contributed by atoms with van der Waals surface area (Å²) in [6.07, 6.45) is 6.02. The molecule has 0 saturated carbocycles. The second kappa shape index (κ2) is 5.01. The molecule has 1 heterocycles. The maximum absolute atomic E-state index is 11.4. The van der Waals surface area contributed by atoms with Gasteiger partial charge < -0.3 is 4.42 Å². The van der Waals surface area contributed by atoms with Crippen molar-refractivity contribution in [3.05, 3.63) is 21.3 Å². The summed E-state index contributed by atoms with van der Waals surface area (Å²) >= 11 is 0. The molecule has 1 aliphatic rings. The van der Waals surface area contributed by atoms with Crippen LogP contribution in [0.4, 0.5) is 0 Å². The van der Waals surface area contributed by atoms with Crippen LogP contribution in [0.5, 0.6) is 0 Å². The van der Waals surface area contributed by atoms with Crippen LogP contribution in [-0.2, 0) is 0 Å². The number of aromatic nitrogens is 1. The van der Waals surface area contributed by atoms with Crippen molar-refractivity contribution in [2.75, 3.05) is 0 Å². The average molecular weight is 209 g/mol. The Kier molecular flexibility index (Phi) is 3.95. The van der Waals surface area contributed by atoms with Gasteiger partial charge in [-0.2, -0.15) is 0 Å². The number of hydrogen-bond acceptors (Lipinski definition) is 2. The van der Waals surface area contributed by atoms with Gasteiger partial charge >= 0.3 is 5.76 Å². The first kappa shape index (κ1) is 11.8. The summed E-state index contributed by atoms with van der Waals surface area (Å²) in [4.78, 5) is 11.4. The molecule has 0 amide bonds. The summed E-state index contributed by atoms with van der Waals surface area (Å²) in [6.45, 7) is 7.97. The van der Waals surface area contributed by atoms with E-state index >= 15 is 0 Å². The van der Waals surface area contributed by atoms with Gasteiger partial charge in [-0.05, 0) is 32.8 Å². The van der Waals surface area contributed by atoms with Crippen molar-refractivity contribution < 1.29 is 4.42 Å². The van der Waals surface area contributed by atoms with E-state index in [0.717, 1.165) is 23.6 Å². The van der Waals surface area contributed by atoms with Crippen molar-refractivity contribution in [3.8, 4) is 0 Å². The molecule has 1 aromatic heterocycles. The van der Waals surface area contributed by atoms with Gasteiger partial charge in [-0.1, -0.05) is 19.9 Å². The van der Waals surface area contributed by atoms with Crippen LogP contribution in [0.15, 0.2) is 9.21 Å². The molecule has 0 atom stereocenters. The van der Waals surface area contributed by atoms with Gasteiger partial charge in [-0.15, -0.1) is 0 Å². The van der Waals surface area contributed by atoms with Gasteiger partial charge in [-0.3, -0.25) is 4.57 Å². The highest BCUT2D eigenvalue weighted by atomic mass is 16.4. The number of hydrogen-bond donors (Lipinski definition) is 0. The molecule has 0 bridgehead atoms. The monoisotopic (exact) mass is 209 g/mol. The minimum atomic E-state index is -0.241. The lowest BCUT2D eigenvalue weighted by atomic mass is 10.2. The summed E-state index contributed by atoms with van der Waals surface area (Å²) in [5.74, 6) is -0.241. The quantitative estimate of drug-likeness (QED) is 0.701. The van der Waals surface area contributed by atoms with E-state index in [-0.39, 0.29) is 11.8 Å². The smallest absolute Gasteiger partial charge is 0.408 e. The molecule has 15 heavy (non-hydrogen) atoms. The van der Waals surface area contributed by atoms with Gasteiger partial charge in [0.2, 0.25) is 0 Å². The molecule has 0 fully saturated rings. The molecule has 0 aromatic carbocycles. The highest BCUT2D eigenvalue weighted by molar-refractivity contribution is 5.32. The molecule has 1 aromatic rings. The van der Waals surface area contributed by atoms with Crippen molar-refractivity contribution in [1.29, 1.82) is 0 Å². The number of fused-ring (bicyclic) bond motifs is 1. The first-order valence-corrected chi connectivity index (χ1v) is 5.62. The molecule has 0 N–H and O–H groups in total. The van der Waals surface area contributed by atoms with E-state index < -0.39 is 0 Å². The van der Waals surface area contributed by atoms with Gasteiger partial charge in [0.25, 0.3) is 0 Å². The average Bonchev–Trinajstić information content (AvgIpc) is 2.56. The van der Waals surface area contributed by atoms with Crippen LogP contribution in [0.25, 0.3) is 12.2 Å². The van der Waals surface area contributed by atoms with Crippen LogP contribution in [0.3, 0.4) is 0 Å². The summed E-state index contributed by atoms with van der Waals surface area (Å²) in [5, 5.41) is 0.950. The zero-order valence-corrected chi connectivity index (χ0v) is 9.91. The van der Waals surface area contributed by atoms with Crippen molar-refractivity contribution in [1.82, 2.24) is 4.57 Å². The van der Waals surface area contributed by atoms with Crippen LogP contribution < -0.4 is 16.5 Å². The largest absolute Gasteiger partial charge is 0.420 e. The van der Waals surface area contributed by atoms with Crippen molar-refractivity contribution in [2.45, 2.75) is 46.6 Å². The van der Waals surface area contributed by atoms with E-state index in [0.29, 0.717) is 0 Å². The Balaban J connectivity index is 0.000000531. The molecule has 3 nitrogen and oxygen atoms in total. The van der Waals surface area contributed by atoms with E-state index in [4.69, 9.17) is 4.42 Å². The van der Waals surface area contributed by atoms with Crippen molar-refractivity contribution in [3.63, 3.8) is 0 Å². The standard InChI is InChI=1S/C10H13NO2.C2H6/c1-7(2)11-8-5-3-4-6-9(8)13-10(11)12;1-2/h5-7H,3-4H2,1-2H3;1-2H3. The van der Waals surface area contributed by atoms with Gasteiger partial charge in [-0.25, -0.2) is 4.79 Å². The van der Waals surface area contributed by atoms with Gasteiger partial charge in [0.05, 0.1) is 5.35 Å². The Bertz CT molecular complexity index is 477. The molecule has 2 rings (SSSR count). The Morgan fingerprint density at radius 2 is 1.87 bits per heavy atom. The molecular formula is C12H19NO2. The lowest BCUT2D eigenvalue weighted by Gasteiger charge is -2.04. The Hall–Kier alpha value is -1.25. The summed E-state index contributed by atoms with van der Waals surface area (Å²) in [7, 11) is 0. The van der Waals surface area contributed by atoms with Crippen LogP contribution >= 0.6 is 0 Å². The van der Waals surface area contributed by atoms with Crippen LogP contribution in [0, 0.1) is 0 Å². The second-order valence-corrected chi connectivity index (χ2v) is 3.57. The first-order chi connectivity index (χ1) is 7.20. The van der Waals surface area contributed by atoms with Gasteiger partial charge in [0, 0.05) is 6.04 Å². The fraction of sp³-hybridized carbons (Fsp3) is 0.583. The van der Waals surface area contributed by atoms with E-state index in [1.165, 1.54) is 0 Å². The molecule has 0 unspecified atom stereocenters. The highest BCUT2D eigenvalue weighted by Gasteiger charge is 2.09. The molecule has 84 valence electrons. The Morgan fingerprint density at radius 3 is 2.47 bits per heavy atom. The lowest BCUT2D eigenvalue weighted by Crippen LogP contribution is -2.34. The van der Waals surface area contributed by atoms with Crippen molar-refractivity contribution >= 4 is 12.2 Å². The van der Waals surface area contributed by atoms with Gasteiger partial charge in [0.15, 0.2) is 5.42 Å². The molecule has 1 aliphatic carbocycles. The van der Waals surface area contributed by atoms with E-state index in [1.807, 2.05) is 33.8 Å². The SMILES string of the molecule is CC.CC(C)n1c(=O)oc2c1=CCCC=2. The predicted molar refractivity (Wildman–Crippen MR) is 62.1 cm³/mol. The topological polar surface area (TPSA) is 35.1 Å². The Morgan fingerprint density at radius 1 is 1.27 bits per heavy atom. The lowest BCUT2D eigenvalue weighted by molar-refractivity contribution is 0.440. The number of rotatable bonds is 1. The number of oxazole rings is 1. The van der Waals surface area contributed by atoms with Crippen LogP contribution in [0.1, 0.15) is 46.6 Å². The van der Waals surface area contributed by atoms with E-state index in [2.05, 4.69) is 6.08 Å². The zero-order valence-electron chi connectivity index (χ0n) is 9.91. The minimum Gasteiger partial charge on any atom is -0.408 e. The number of nitrogens with zero attached hydrogens (tertiary/aromatic N) is 1. The molecule has 0 aliphatic heterocycles. The summed E-state index contributed by atoms with van der Waals surface area (Å²) < 4.78 is 6.82. The molecule has 0 saturated heterocycles. The summed E-state index contributed by atoms with van der Waals surface area (Å²) in [6, 6.07) is 0.169. The zero-order chi connectivity index (χ0) is 11.4. The fourth-order valence-corrected chi connectivity index (χ4v) is 1.68. The second-order valence-electron chi connectivity index (χ2n) is 3.57. The summed E-state index contributed by atoms with van der Waals surface area (Å²) in [5.41, 5.74) is 0.741. The van der Waals surface area contributed by atoms with Crippen LogP contribution in [-0.4, -0.2) is 4.57 Å². The first-order valence-electron chi connectivity index (χ1n) is 5.62. The minimum absolute atomic E-state index is 0.169. The van der Waals surface area contributed by atoms with Gasteiger partial charge in [0.1, 0.15) is 0 Å². The fourth-order valence-electron chi connectivity index (χ4n) is 1.68. The molecule has 0 radical (unpaired) electrons. The maximum Gasteiger partial charge on any atom is 0.420 e. The molecular weight excluding hydrogens is 190 g/mol. The van der Waals surface area contributed by atoms with Crippen LogP contribution in [0.2, 0.25) is 0 Å². The third-order valence-corrected chi connectivity index (χ3v) is 2.26. The third kappa shape index (κ3) is 2.22. The molecule has 3 heteroatoms. The van der Waals surface area contributed by atoms with E-state index in [1.54, 1.807) is 4.57 Å². The third-order valence-electron chi connectivity index (χ3n) is 2.26. The normalized spacial score (nSPS) is 13.4. The van der Waals surface area contributed by atoms with E-state index in [9.17, 15) is 4.79 Å². The van der Waals surface area contributed by atoms with Crippen molar-refractivity contribution in [2.24, 2.45) is 0 Å². The Labute approximate surface area is 89.7 Å². The maximum atomic E-state index is 11.4. The highest BCUT2D eigenvalue weighted by Crippen LogP contribution is 1.98. The molecule has 0 spiro atoms.